The van der Waals surface area contributed by atoms with Crippen LogP contribution in [-0.4, -0.2) is 20.7 Å². The van der Waals surface area contributed by atoms with E-state index in [1.165, 1.54) is 0 Å². The Labute approximate surface area is 186 Å². The lowest BCUT2D eigenvalue weighted by molar-refractivity contribution is 0.101. The number of amides is 1. The Morgan fingerprint density at radius 2 is 1.68 bits per heavy atom. The van der Waals surface area contributed by atoms with Crippen LogP contribution in [0.25, 0.3) is 17.1 Å². The zero-order valence-corrected chi connectivity index (χ0v) is 18.7. The van der Waals surface area contributed by atoms with Gasteiger partial charge in [0.1, 0.15) is 0 Å². The zero-order chi connectivity index (χ0) is 22.1. The molecule has 0 aliphatic heterocycles. The van der Waals surface area contributed by atoms with Crippen LogP contribution < -0.4 is 5.32 Å². The minimum Gasteiger partial charge on any atom is -0.319 e. The zero-order valence-electron chi connectivity index (χ0n) is 17.9. The van der Waals surface area contributed by atoms with E-state index in [1.807, 2.05) is 69.3 Å². The quantitative estimate of drug-likeness (QED) is 0.427. The van der Waals surface area contributed by atoms with Gasteiger partial charge in [0.05, 0.1) is 5.69 Å². The fourth-order valence-electron chi connectivity index (χ4n) is 3.29. The molecule has 1 amide bonds. The lowest BCUT2D eigenvalue weighted by atomic mass is 10.1. The van der Waals surface area contributed by atoms with Crippen molar-refractivity contribution in [1.82, 2.24) is 14.8 Å². The topological polar surface area (TPSA) is 59.8 Å². The van der Waals surface area contributed by atoms with E-state index >= 15 is 0 Å². The number of nitrogens with one attached hydrogen (secondary N) is 1. The standard InChI is InChI=1S/C25H23ClN4O/c1-15-8-11-19(12-9-15)24-28-23(25(31)27-20-13-10-17(3)21(26)14-20)29-30(24)22-7-5-6-16(2)18(22)4/h5-14H,1-4H3,(H,27,31). The first-order valence-electron chi connectivity index (χ1n) is 10.0. The number of hydrogen-bond acceptors (Lipinski definition) is 3. The van der Waals surface area contributed by atoms with Crippen LogP contribution in [0.3, 0.4) is 0 Å². The van der Waals surface area contributed by atoms with E-state index in [0.29, 0.717) is 16.5 Å². The monoisotopic (exact) mass is 430 g/mol. The van der Waals surface area contributed by atoms with Crippen molar-refractivity contribution in [1.29, 1.82) is 0 Å². The van der Waals surface area contributed by atoms with Crippen LogP contribution in [0, 0.1) is 27.7 Å². The van der Waals surface area contributed by atoms with Gasteiger partial charge < -0.3 is 5.32 Å². The molecular formula is C25H23ClN4O. The minimum absolute atomic E-state index is 0.0909. The van der Waals surface area contributed by atoms with Gasteiger partial charge in [0.25, 0.3) is 5.91 Å². The molecule has 4 rings (SSSR count). The van der Waals surface area contributed by atoms with Gasteiger partial charge in [0.15, 0.2) is 5.82 Å². The minimum atomic E-state index is -0.391. The number of carbonyl (C=O) groups is 1. The number of nitrogens with zero attached hydrogens (tertiary/aromatic N) is 3. The predicted molar refractivity (Wildman–Crippen MR) is 125 cm³/mol. The predicted octanol–water partition coefficient (Wildman–Crippen LogP) is 6.07. The third kappa shape index (κ3) is 4.23. The number of aromatic nitrogens is 3. The fourth-order valence-corrected chi connectivity index (χ4v) is 3.47. The lowest BCUT2D eigenvalue weighted by Gasteiger charge is -2.11. The molecule has 1 heterocycles. The molecule has 0 fully saturated rings. The second kappa shape index (κ2) is 8.36. The van der Waals surface area contributed by atoms with Crippen LogP contribution in [0.15, 0.2) is 60.7 Å². The van der Waals surface area contributed by atoms with Crippen molar-refractivity contribution < 1.29 is 4.79 Å². The van der Waals surface area contributed by atoms with Crippen LogP contribution in [-0.2, 0) is 0 Å². The summed E-state index contributed by atoms with van der Waals surface area (Å²) in [7, 11) is 0. The van der Waals surface area contributed by atoms with Crippen molar-refractivity contribution in [3.63, 3.8) is 0 Å². The van der Waals surface area contributed by atoms with E-state index in [4.69, 9.17) is 11.6 Å². The number of halogens is 1. The summed E-state index contributed by atoms with van der Waals surface area (Å²) in [6.07, 6.45) is 0. The molecule has 0 aliphatic rings. The van der Waals surface area contributed by atoms with Crippen molar-refractivity contribution in [3.8, 4) is 17.1 Å². The Morgan fingerprint density at radius 1 is 0.935 bits per heavy atom. The summed E-state index contributed by atoms with van der Waals surface area (Å²) in [6.45, 7) is 8.04. The largest absolute Gasteiger partial charge is 0.319 e. The van der Waals surface area contributed by atoms with Crippen molar-refractivity contribution in [2.75, 3.05) is 5.32 Å². The molecule has 0 saturated carbocycles. The highest BCUT2D eigenvalue weighted by Gasteiger charge is 2.20. The van der Waals surface area contributed by atoms with Crippen LogP contribution in [0.1, 0.15) is 32.9 Å². The summed E-state index contributed by atoms with van der Waals surface area (Å²) in [5.41, 5.74) is 6.69. The molecule has 5 nitrogen and oxygen atoms in total. The van der Waals surface area contributed by atoms with Crippen molar-refractivity contribution >= 4 is 23.2 Å². The average molecular weight is 431 g/mol. The number of carbonyl (C=O) groups excluding carboxylic acids is 1. The third-order valence-corrected chi connectivity index (χ3v) is 5.76. The van der Waals surface area contributed by atoms with Crippen LogP contribution in [0.5, 0.6) is 0 Å². The third-order valence-electron chi connectivity index (χ3n) is 5.35. The summed E-state index contributed by atoms with van der Waals surface area (Å²) in [5, 5.41) is 8.01. The first-order chi connectivity index (χ1) is 14.8. The summed E-state index contributed by atoms with van der Waals surface area (Å²) >= 11 is 6.19. The highest BCUT2D eigenvalue weighted by molar-refractivity contribution is 6.31. The Kier molecular flexibility index (Phi) is 5.61. The molecule has 0 unspecified atom stereocenters. The van der Waals surface area contributed by atoms with Crippen LogP contribution in [0.4, 0.5) is 5.69 Å². The molecule has 0 aliphatic carbocycles. The molecule has 6 heteroatoms. The molecule has 0 radical (unpaired) electrons. The SMILES string of the molecule is Cc1ccc(-c2nc(C(=O)Nc3ccc(C)c(Cl)c3)nn2-c2cccc(C)c2C)cc1. The highest BCUT2D eigenvalue weighted by Crippen LogP contribution is 2.26. The molecule has 1 N–H and O–H groups in total. The Balaban J connectivity index is 1.79. The van der Waals surface area contributed by atoms with Gasteiger partial charge in [-0.15, -0.1) is 5.10 Å². The van der Waals surface area contributed by atoms with Gasteiger partial charge in [-0.2, -0.15) is 0 Å². The van der Waals surface area contributed by atoms with Crippen molar-refractivity contribution in [3.05, 3.63) is 93.8 Å². The van der Waals surface area contributed by atoms with Gasteiger partial charge in [-0.3, -0.25) is 4.79 Å². The summed E-state index contributed by atoms with van der Waals surface area (Å²) in [4.78, 5) is 17.6. The van der Waals surface area contributed by atoms with Gasteiger partial charge in [-0.1, -0.05) is 59.6 Å². The van der Waals surface area contributed by atoms with Gasteiger partial charge in [0, 0.05) is 16.3 Å². The Bertz CT molecular complexity index is 1280. The summed E-state index contributed by atoms with van der Waals surface area (Å²) in [5.74, 6) is 0.311. The molecule has 0 bridgehead atoms. The van der Waals surface area contributed by atoms with Crippen LogP contribution >= 0.6 is 11.6 Å². The number of anilines is 1. The molecule has 31 heavy (non-hydrogen) atoms. The second-order valence-corrected chi connectivity index (χ2v) is 8.08. The van der Waals surface area contributed by atoms with E-state index in [0.717, 1.165) is 33.5 Å². The van der Waals surface area contributed by atoms with Crippen molar-refractivity contribution in [2.24, 2.45) is 0 Å². The first kappa shape index (κ1) is 20.8. The second-order valence-electron chi connectivity index (χ2n) is 7.67. The number of rotatable bonds is 4. The lowest BCUT2D eigenvalue weighted by Crippen LogP contribution is -2.14. The molecule has 0 saturated heterocycles. The average Bonchev–Trinajstić information content (AvgIpc) is 3.18. The maximum Gasteiger partial charge on any atom is 0.295 e. The molecule has 156 valence electrons. The van der Waals surface area contributed by atoms with E-state index in [2.05, 4.69) is 28.4 Å². The normalized spacial score (nSPS) is 10.9. The first-order valence-corrected chi connectivity index (χ1v) is 10.4. The fraction of sp³-hybridized carbons (Fsp3) is 0.160. The Morgan fingerprint density at radius 3 is 2.39 bits per heavy atom. The number of hydrogen-bond donors (Lipinski definition) is 1. The molecule has 0 atom stereocenters. The number of aryl methyl sites for hydroxylation is 3. The van der Waals surface area contributed by atoms with E-state index in [1.54, 1.807) is 10.7 Å². The molecule has 4 aromatic rings. The van der Waals surface area contributed by atoms with Crippen LogP contribution in [0.2, 0.25) is 5.02 Å². The Hall–Kier alpha value is -3.44. The van der Waals surface area contributed by atoms with Crippen molar-refractivity contribution in [2.45, 2.75) is 27.7 Å². The van der Waals surface area contributed by atoms with E-state index in [9.17, 15) is 4.79 Å². The van der Waals surface area contributed by atoms with E-state index in [-0.39, 0.29) is 5.82 Å². The molecule has 1 aromatic heterocycles. The molecular weight excluding hydrogens is 408 g/mol. The summed E-state index contributed by atoms with van der Waals surface area (Å²) in [6, 6.07) is 19.4. The van der Waals surface area contributed by atoms with Gasteiger partial charge in [0.2, 0.25) is 5.82 Å². The van der Waals surface area contributed by atoms with Gasteiger partial charge in [-0.05, 0) is 62.6 Å². The maximum atomic E-state index is 13.0. The van der Waals surface area contributed by atoms with Gasteiger partial charge in [-0.25, -0.2) is 9.67 Å². The van der Waals surface area contributed by atoms with E-state index < -0.39 is 5.91 Å². The maximum absolute atomic E-state index is 13.0. The van der Waals surface area contributed by atoms with Gasteiger partial charge >= 0.3 is 0 Å². The number of benzene rings is 3. The smallest absolute Gasteiger partial charge is 0.295 e. The highest BCUT2D eigenvalue weighted by atomic mass is 35.5. The molecule has 3 aromatic carbocycles. The summed E-state index contributed by atoms with van der Waals surface area (Å²) < 4.78 is 1.74. The molecule has 0 spiro atoms.